The molecular weight excluding hydrogens is 290 g/mol. The molecule has 0 spiro atoms. The lowest BCUT2D eigenvalue weighted by atomic mass is 10.3. The third kappa shape index (κ3) is 4.00. The van der Waals surface area contributed by atoms with Crippen LogP contribution >= 0.6 is 11.6 Å². The van der Waals surface area contributed by atoms with Gasteiger partial charge in [-0.3, -0.25) is 4.79 Å². The van der Waals surface area contributed by atoms with Crippen LogP contribution in [0.25, 0.3) is 11.0 Å². The number of rotatable bonds is 6. The summed E-state index contributed by atoms with van der Waals surface area (Å²) in [7, 11) is 0. The number of amides is 1. The van der Waals surface area contributed by atoms with Gasteiger partial charge in [0.05, 0.1) is 17.6 Å². The number of carbonyl (C=O) groups is 1. The number of ether oxygens (including phenoxy) is 1. The van der Waals surface area contributed by atoms with Gasteiger partial charge in [0.1, 0.15) is 6.10 Å². The van der Waals surface area contributed by atoms with E-state index in [0.717, 1.165) is 0 Å². The Kier molecular flexibility index (Phi) is 5.25. The highest BCUT2D eigenvalue weighted by atomic mass is 35.5. The third-order valence-corrected chi connectivity index (χ3v) is 3.09. The fourth-order valence-corrected chi connectivity index (χ4v) is 1.86. The molecule has 2 aromatic rings. The number of carbonyl (C=O) groups excluding carboxylic acids is 1. The average Bonchev–Trinajstić information content (AvgIpc) is 2.48. The van der Waals surface area contributed by atoms with Gasteiger partial charge in [0.15, 0.2) is 11.0 Å². The molecule has 1 N–H and O–H groups in total. The van der Waals surface area contributed by atoms with Gasteiger partial charge >= 0.3 is 0 Å². The molecule has 0 aliphatic heterocycles. The van der Waals surface area contributed by atoms with Gasteiger partial charge in [-0.15, -0.1) is 6.58 Å². The van der Waals surface area contributed by atoms with Gasteiger partial charge in [0.2, 0.25) is 0 Å². The van der Waals surface area contributed by atoms with Gasteiger partial charge in [0.25, 0.3) is 5.91 Å². The molecule has 2 rings (SSSR count). The number of hydrogen-bond acceptors (Lipinski definition) is 4. The molecule has 110 valence electrons. The number of para-hydroxylation sites is 2. The number of halogens is 1. The predicted octanol–water partition coefficient (Wildman–Crippen LogP) is 3.20. The Hall–Kier alpha value is -1.98. The molecule has 1 aromatic heterocycles. The minimum atomic E-state index is -0.603. The van der Waals surface area contributed by atoms with Crippen molar-refractivity contribution >= 4 is 34.4 Å². The summed E-state index contributed by atoms with van der Waals surface area (Å²) in [5.41, 5.74) is 1.34. The van der Waals surface area contributed by atoms with Crippen LogP contribution in [-0.2, 0) is 9.53 Å². The minimum Gasteiger partial charge on any atom is -0.368 e. The van der Waals surface area contributed by atoms with Crippen LogP contribution < -0.4 is 5.32 Å². The molecule has 0 aliphatic carbocycles. The van der Waals surface area contributed by atoms with Gasteiger partial charge in [-0.1, -0.05) is 29.8 Å². The van der Waals surface area contributed by atoms with E-state index in [9.17, 15) is 4.79 Å². The predicted molar refractivity (Wildman–Crippen MR) is 83.4 cm³/mol. The lowest BCUT2D eigenvalue weighted by molar-refractivity contribution is -0.126. The Morgan fingerprint density at radius 2 is 2.10 bits per heavy atom. The van der Waals surface area contributed by atoms with E-state index >= 15 is 0 Å². The van der Waals surface area contributed by atoms with Crippen LogP contribution in [0.2, 0.25) is 5.15 Å². The van der Waals surface area contributed by atoms with E-state index in [4.69, 9.17) is 16.3 Å². The molecule has 5 nitrogen and oxygen atoms in total. The minimum absolute atomic E-state index is 0.153. The van der Waals surface area contributed by atoms with Crippen LogP contribution in [-0.4, -0.2) is 28.6 Å². The number of nitrogens with zero attached hydrogens (tertiary/aromatic N) is 2. The first kappa shape index (κ1) is 15.4. The molecule has 0 radical (unpaired) electrons. The van der Waals surface area contributed by atoms with Gasteiger partial charge in [-0.25, -0.2) is 9.97 Å². The number of fused-ring (bicyclic) bond motifs is 1. The molecule has 0 bridgehead atoms. The fourth-order valence-electron chi connectivity index (χ4n) is 1.68. The van der Waals surface area contributed by atoms with Crippen molar-refractivity contribution in [2.24, 2.45) is 0 Å². The Balaban J connectivity index is 2.09. The largest absolute Gasteiger partial charge is 0.368 e. The highest BCUT2D eigenvalue weighted by Gasteiger charge is 2.16. The molecule has 0 fully saturated rings. The van der Waals surface area contributed by atoms with E-state index in [0.29, 0.717) is 24.1 Å². The quantitative estimate of drug-likeness (QED) is 0.657. The zero-order chi connectivity index (χ0) is 15.2. The second kappa shape index (κ2) is 7.15. The maximum atomic E-state index is 12.0. The topological polar surface area (TPSA) is 64.1 Å². The van der Waals surface area contributed by atoms with Gasteiger partial charge in [0, 0.05) is 0 Å². The first-order valence-corrected chi connectivity index (χ1v) is 6.95. The maximum absolute atomic E-state index is 12.0. The fraction of sp³-hybridized carbons (Fsp3) is 0.267. The molecule has 0 saturated carbocycles. The molecule has 1 heterocycles. The molecule has 6 heteroatoms. The molecule has 21 heavy (non-hydrogen) atoms. The Labute approximate surface area is 128 Å². The summed E-state index contributed by atoms with van der Waals surface area (Å²) in [5.74, 6) is -0.0786. The van der Waals surface area contributed by atoms with Crippen molar-refractivity contribution in [2.45, 2.75) is 19.4 Å². The van der Waals surface area contributed by atoms with Crippen LogP contribution in [0.5, 0.6) is 0 Å². The summed E-state index contributed by atoms with van der Waals surface area (Å²) in [6.07, 6.45) is 1.82. The van der Waals surface area contributed by atoms with E-state index in [1.807, 2.05) is 12.1 Å². The molecule has 0 saturated heterocycles. The van der Waals surface area contributed by atoms with Crippen molar-refractivity contribution in [3.05, 3.63) is 42.1 Å². The van der Waals surface area contributed by atoms with Gasteiger partial charge in [-0.2, -0.15) is 0 Å². The summed E-state index contributed by atoms with van der Waals surface area (Å²) in [6, 6.07) is 7.30. The van der Waals surface area contributed by atoms with E-state index < -0.39 is 6.10 Å². The van der Waals surface area contributed by atoms with Gasteiger partial charge in [-0.05, 0) is 25.5 Å². The van der Waals surface area contributed by atoms with Crippen LogP contribution in [0.4, 0.5) is 5.82 Å². The zero-order valence-electron chi connectivity index (χ0n) is 11.7. The summed E-state index contributed by atoms with van der Waals surface area (Å²) < 4.78 is 5.37. The molecule has 1 amide bonds. The van der Waals surface area contributed by atoms with Crippen molar-refractivity contribution in [1.82, 2.24) is 9.97 Å². The lowest BCUT2D eigenvalue weighted by Gasteiger charge is -2.13. The van der Waals surface area contributed by atoms with Gasteiger partial charge < -0.3 is 10.1 Å². The maximum Gasteiger partial charge on any atom is 0.254 e. The van der Waals surface area contributed by atoms with E-state index in [2.05, 4.69) is 21.9 Å². The van der Waals surface area contributed by atoms with Crippen molar-refractivity contribution < 1.29 is 9.53 Å². The monoisotopic (exact) mass is 305 g/mol. The third-order valence-electron chi connectivity index (χ3n) is 2.83. The molecule has 0 aliphatic rings. The number of benzene rings is 1. The second-order valence-corrected chi connectivity index (χ2v) is 4.79. The second-order valence-electron chi connectivity index (χ2n) is 4.43. The molecule has 1 aromatic carbocycles. The highest BCUT2D eigenvalue weighted by molar-refractivity contribution is 6.32. The van der Waals surface area contributed by atoms with Crippen molar-refractivity contribution in [2.75, 3.05) is 11.9 Å². The number of hydrogen-bond donors (Lipinski definition) is 1. The summed E-state index contributed by atoms with van der Waals surface area (Å²) in [4.78, 5) is 20.5. The van der Waals surface area contributed by atoms with Crippen LogP contribution in [0.15, 0.2) is 36.9 Å². The first-order chi connectivity index (χ1) is 10.1. The van der Waals surface area contributed by atoms with Crippen LogP contribution in [0, 0.1) is 0 Å². The molecular formula is C15H16ClN3O2. The van der Waals surface area contributed by atoms with Crippen LogP contribution in [0.1, 0.15) is 13.3 Å². The highest BCUT2D eigenvalue weighted by Crippen LogP contribution is 2.21. The number of aromatic nitrogens is 2. The normalized spacial score (nSPS) is 12.1. The molecule has 1 unspecified atom stereocenters. The van der Waals surface area contributed by atoms with E-state index in [1.165, 1.54) is 0 Å². The van der Waals surface area contributed by atoms with Crippen molar-refractivity contribution in [3.63, 3.8) is 0 Å². The van der Waals surface area contributed by atoms with Crippen molar-refractivity contribution in [1.29, 1.82) is 0 Å². The van der Waals surface area contributed by atoms with Crippen LogP contribution in [0.3, 0.4) is 0 Å². The van der Waals surface area contributed by atoms with E-state index in [1.54, 1.807) is 25.1 Å². The lowest BCUT2D eigenvalue weighted by Crippen LogP contribution is -2.28. The zero-order valence-corrected chi connectivity index (χ0v) is 12.4. The van der Waals surface area contributed by atoms with Crippen molar-refractivity contribution in [3.8, 4) is 0 Å². The smallest absolute Gasteiger partial charge is 0.254 e. The first-order valence-electron chi connectivity index (χ1n) is 6.57. The SMILES string of the molecule is C=CCCOC(C)C(=O)Nc1nc2ccccc2nc1Cl. The Morgan fingerprint density at radius 3 is 2.76 bits per heavy atom. The Morgan fingerprint density at radius 1 is 1.43 bits per heavy atom. The summed E-state index contributed by atoms with van der Waals surface area (Å²) in [5, 5.41) is 2.79. The summed E-state index contributed by atoms with van der Waals surface area (Å²) in [6.45, 7) is 5.70. The van der Waals surface area contributed by atoms with E-state index in [-0.39, 0.29) is 16.9 Å². The molecule has 1 atom stereocenters. The summed E-state index contributed by atoms with van der Waals surface area (Å²) >= 11 is 6.04. The standard InChI is InChI=1S/C15H16ClN3O2/c1-3-4-9-21-10(2)15(20)19-14-13(16)17-11-7-5-6-8-12(11)18-14/h3,5-8,10H,1,4,9H2,2H3,(H,18,19,20). The number of nitrogens with one attached hydrogen (secondary N) is 1. The average molecular weight is 306 g/mol. The number of anilines is 1. The Bertz CT molecular complexity index is 660.